The van der Waals surface area contributed by atoms with Crippen molar-refractivity contribution < 1.29 is 14.3 Å². The Balaban J connectivity index is 1.79. The molecule has 0 bridgehead atoms. The van der Waals surface area contributed by atoms with Gasteiger partial charge in [-0.25, -0.2) is 9.37 Å². The van der Waals surface area contributed by atoms with E-state index in [2.05, 4.69) is 15.3 Å². The van der Waals surface area contributed by atoms with Crippen molar-refractivity contribution in [3.8, 4) is 0 Å². The molecule has 4 N–H and O–H groups in total. The van der Waals surface area contributed by atoms with Crippen LogP contribution < -0.4 is 11.1 Å². The van der Waals surface area contributed by atoms with Crippen LogP contribution in [-0.4, -0.2) is 33.1 Å². The summed E-state index contributed by atoms with van der Waals surface area (Å²) in [5.74, 6) is -0.682. The molecule has 7 heteroatoms. The van der Waals surface area contributed by atoms with E-state index in [1.54, 1.807) is 12.1 Å². The number of aliphatic hydroxyl groups is 1. The van der Waals surface area contributed by atoms with Gasteiger partial charge < -0.3 is 16.2 Å². The number of anilines is 1. The first-order valence-corrected chi connectivity index (χ1v) is 6.66. The zero-order valence-electron chi connectivity index (χ0n) is 11.2. The van der Waals surface area contributed by atoms with Crippen LogP contribution >= 0.6 is 0 Å². The Labute approximate surface area is 120 Å². The topological polar surface area (TPSA) is 101 Å². The molecular formula is C14H15FN4O2. The highest BCUT2D eigenvalue weighted by Crippen LogP contribution is 2.44. The minimum atomic E-state index is -0.962. The van der Waals surface area contributed by atoms with Gasteiger partial charge in [-0.3, -0.25) is 9.78 Å². The lowest BCUT2D eigenvalue weighted by molar-refractivity contribution is -0.118. The molecule has 0 spiro atoms. The molecule has 1 amide bonds. The number of carbonyl (C=O) groups is 1. The molecule has 2 heterocycles. The molecule has 1 fully saturated rings. The smallest absolute Gasteiger partial charge is 0.245 e. The van der Waals surface area contributed by atoms with Crippen molar-refractivity contribution in [2.24, 2.45) is 11.7 Å². The summed E-state index contributed by atoms with van der Waals surface area (Å²) in [5.41, 5.74) is 5.16. The fourth-order valence-corrected chi connectivity index (χ4v) is 2.45. The lowest BCUT2D eigenvalue weighted by Gasteiger charge is -2.12. The van der Waals surface area contributed by atoms with Gasteiger partial charge in [0.2, 0.25) is 5.91 Å². The van der Waals surface area contributed by atoms with Crippen molar-refractivity contribution in [1.29, 1.82) is 0 Å². The number of aliphatic hydroxyl groups excluding tert-OH is 1. The number of hydrogen-bond acceptors (Lipinski definition) is 5. The van der Waals surface area contributed by atoms with Crippen molar-refractivity contribution in [2.75, 3.05) is 11.9 Å². The van der Waals surface area contributed by atoms with E-state index in [1.807, 2.05) is 0 Å². The normalized spacial score (nSPS) is 24.0. The van der Waals surface area contributed by atoms with Crippen molar-refractivity contribution in [3.05, 3.63) is 30.3 Å². The SMILES string of the molecule is NC1(C(=O)Nc2ccc3cncc(F)c3n2)CC1CCO. The maximum atomic E-state index is 13.6. The number of fused-ring (bicyclic) bond motifs is 1. The molecule has 1 aliphatic rings. The first-order chi connectivity index (χ1) is 10.0. The van der Waals surface area contributed by atoms with Gasteiger partial charge in [-0.2, -0.15) is 0 Å². The number of halogens is 1. The van der Waals surface area contributed by atoms with Gasteiger partial charge in [0.1, 0.15) is 11.3 Å². The van der Waals surface area contributed by atoms with E-state index in [0.717, 1.165) is 6.20 Å². The minimum Gasteiger partial charge on any atom is -0.396 e. The van der Waals surface area contributed by atoms with Crippen molar-refractivity contribution in [2.45, 2.75) is 18.4 Å². The van der Waals surface area contributed by atoms with Crippen molar-refractivity contribution in [3.63, 3.8) is 0 Å². The van der Waals surface area contributed by atoms with Crippen LogP contribution in [0.25, 0.3) is 10.9 Å². The van der Waals surface area contributed by atoms with Gasteiger partial charge in [-0.1, -0.05) is 0 Å². The summed E-state index contributed by atoms with van der Waals surface area (Å²) >= 11 is 0. The van der Waals surface area contributed by atoms with Gasteiger partial charge in [0.05, 0.1) is 11.7 Å². The van der Waals surface area contributed by atoms with Gasteiger partial charge in [0, 0.05) is 18.2 Å². The van der Waals surface area contributed by atoms with Crippen LogP contribution in [-0.2, 0) is 4.79 Å². The van der Waals surface area contributed by atoms with Crippen LogP contribution in [0.5, 0.6) is 0 Å². The van der Waals surface area contributed by atoms with Crippen LogP contribution in [0.3, 0.4) is 0 Å². The Morgan fingerprint density at radius 3 is 3.10 bits per heavy atom. The van der Waals surface area contributed by atoms with E-state index in [4.69, 9.17) is 10.8 Å². The third-order valence-electron chi connectivity index (χ3n) is 3.85. The zero-order chi connectivity index (χ0) is 15.0. The lowest BCUT2D eigenvalue weighted by atomic mass is 10.1. The molecule has 2 unspecified atom stereocenters. The highest BCUT2D eigenvalue weighted by atomic mass is 19.1. The predicted molar refractivity (Wildman–Crippen MR) is 74.9 cm³/mol. The first kappa shape index (κ1) is 13.8. The molecule has 2 aromatic heterocycles. The summed E-state index contributed by atoms with van der Waals surface area (Å²) in [6, 6.07) is 3.21. The summed E-state index contributed by atoms with van der Waals surface area (Å²) < 4.78 is 13.6. The number of nitrogens with one attached hydrogen (secondary N) is 1. The van der Waals surface area contributed by atoms with E-state index >= 15 is 0 Å². The fraction of sp³-hybridized carbons (Fsp3) is 0.357. The van der Waals surface area contributed by atoms with Gasteiger partial charge in [0.15, 0.2) is 5.82 Å². The molecule has 6 nitrogen and oxygen atoms in total. The maximum Gasteiger partial charge on any atom is 0.245 e. The van der Waals surface area contributed by atoms with Crippen LogP contribution in [0, 0.1) is 11.7 Å². The molecule has 110 valence electrons. The predicted octanol–water partition coefficient (Wildman–Crippen LogP) is 0.807. The van der Waals surface area contributed by atoms with E-state index < -0.39 is 11.4 Å². The molecule has 2 atom stereocenters. The van der Waals surface area contributed by atoms with Crippen molar-refractivity contribution in [1.82, 2.24) is 9.97 Å². The van der Waals surface area contributed by atoms with Crippen LogP contribution in [0.2, 0.25) is 0 Å². The molecule has 1 aliphatic carbocycles. The number of nitrogens with zero attached hydrogens (tertiary/aromatic N) is 2. The number of carbonyl (C=O) groups excluding carboxylic acids is 1. The average Bonchev–Trinajstić information content (AvgIpc) is 3.12. The van der Waals surface area contributed by atoms with Gasteiger partial charge in [0.25, 0.3) is 0 Å². The van der Waals surface area contributed by atoms with Crippen LogP contribution in [0.4, 0.5) is 10.2 Å². The Hall–Kier alpha value is -2.12. The van der Waals surface area contributed by atoms with Crippen molar-refractivity contribution >= 4 is 22.6 Å². The molecule has 0 aliphatic heterocycles. The Bertz CT molecular complexity index is 708. The molecule has 0 aromatic carbocycles. The second-order valence-electron chi connectivity index (χ2n) is 5.30. The highest BCUT2D eigenvalue weighted by molar-refractivity contribution is 6.00. The monoisotopic (exact) mass is 290 g/mol. The Morgan fingerprint density at radius 2 is 2.33 bits per heavy atom. The van der Waals surface area contributed by atoms with Crippen LogP contribution in [0.15, 0.2) is 24.5 Å². The van der Waals surface area contributed by atoms with Crippen LogP contribution in [0.1, 0.15) is 12.8 Å². The fourth-order valence-electron chi connectivity index (χ4n) is 2.45. The van der Waals surface area contributed by atoms with E-state index in [9.17, 15) is 9.18 Å². The number of amides is 1. The molecular weight excluding hydrogens is 275 g/mol. The Morgan fingerprint density at radius 1 is 1.52 bits per heavy atom. The lowest BCUT2D eigenvalue weighted by Crippen LogP contribution is -2.40. The minimum absolute atomic E-state index is 0.00331. The number of hydrogen-bond donors (Lipinski definition) is 3. The standard InChI is InChI=1S/C14H15FN4O2/c15-10-7-17-6-8-1-2-11(18-12(8)10)19-13(21)14(16)5-9(14)3-4-20/h1-2,6-7,9,20H,3-5,16H2,(H,18,19,21). The second-order valence-corrected chi connectivity index (χ2v) is 5.30. The Kier molecular flexibility index (Phi) is 3.30. The largest absolute Gasteiger partial charge is 0.396 e. The van der Waals surface area contributed by atoms with E-state index in [-0.39, 0.29) is 29.8 Å². The van der Waals surface area contributed by atoms with Gasteiger partial charge in [-0.15, -0.1) is 0 Å². The van der Waals surface area contributed by atoms with Gasteiger partial charge in [-0.05, 0) is 30.9 Å². The number of rotatable bonds is 4. The number of pyridine rings is 2. The molecule has 2 aromatic rings. The van der Waals surface area contributed by atoms with E-state index in [0.29, 0.717) is 18.2 Å². The second kappa shape index (κ2) is 5.01. The van der Waals surface area contributed by atoms with E-state index in [1.165, 1.54) is 6.20 Å². The highest BCUT2D eigenvalue weighted by Gasteiger charge is 2.56. The molecule has 0 saturated heterocycles. The average molecular weight is 290 g/mol. The summed E-state index contributed by atoms with van der Waals surface area (Å²) in [6.07, 6.45) is 3.60. The van der Waals surface area contributed by atoms with Gasteiger partial charge >= 0.3 is 0 Å². The first-order valence-electron chi connectivity index (χ1n) is 6.66. The summed E-state index contributed by atoms with van der Waals surface area (Å²) in [4.78, 5) is 20.0. The quantitative estimate of drug-likeness (QED) is 0.773. The maximum absolute atomic E-state index is 13.6. The molecule has 0 radical (unpaired) electrons. The molecule has 3 rings (SSSR count). The zero-order valence-corrected chi connectivity index (χ0v) is 11.2. The summed E-state index contributed by atoms with van der Waals surface area (Å²) in [5, 5.41) is 12.0. The third kappa shape index (κ3) is 2.45. The summed E-state index contributed by atoms with van der Waals surface area (Å²) in [7, 11) is 0. The summed E-state index contributed by atoms with van der Waals surface area (Å²) in [6.45, 7) is 0.00331. The third-order valence-corrected chi connectivity index (χ3v) is 3.85. The molecule has 1 saturated carbocycles. The number of nitrogens with two attached hydrogens (primary N) is 1. The molecule has 21 heavy (non-hydrogen) atoms. The number of aromatic nitrogens is 2.